The second-order valence-electron chi connectivity index (χ2n) is 4.84. The van der Waals surface area contributed by atoms with Gasteiger partial charge in [-0.1, -0.05) is 0 Å². The summed E-state index contributed by atoms with van der Waals surface area (Å²) < 4.78 is 25.6. The highest BCUT2D eigenvalue weighted by molar-refractivity contribution is 7.89. The van der Waals surface area contributed by atoms with E-state index in [9.17, 15) is 18.3 Å². The number of rotatable bonds is 4. The summed E-state index contributed by atoms with van der Waals surface area (Å²) in [4.78, 5) is 13.7. The van der Waals surface area contributed by atoms with E-state index in [1.54, 1.807) is 4.90 Å². The summed E-state index contributed by atoms with van der Waals surface area (Å²) in [6.07, 6.45) is 1.94. The Morgan fingerprint density at radius 3 is 2.35 bits per heavy atom. The fraction of sp³-hybridized carbons (Fsp3) is 0.462. The second-order valence-corrected chi connectivity index (χ2v) is 6.89. The molecule has 7 heteroatoms. The predicted octanol–water partition coefficient (Wildman–Crippen LogP) is 0.635. The summed E-state index contributed by atoms with van der Waals surface area (Å²) in [7, 11) is -2.32. The van der Waals surface area contributed by atoms with Gasteiger partial charge in [-0.25, -0.2) is 8.42 Å². The van der Waals surface area contributed by atoms with Crippen molar-refractivity contribution in [2.45, 2.75) is 17.7 Å². The van der Waals surface area contributed by atoms with Crippen LogP contribution in [0.25, 0.3) is 0 Å². The Morgan fingerprint density at radius 2 is 1.80 bits per heavy atom. The summed E-state index contributed by atoms with van der Waals surface area (Å²) in [6.45, 7) is 1.24. The fourth-order valence-corrected chi connectivity index (χ4v) is 3.26. The molecular formula is C13H18N2O4S. The molecule has 1 amide bonds. The Hall–Kier alpha value is -1.60. The van der Waals surface area contributed by atoms with E-state index in [0.717, 1.165) is 17.1 Å². The molecule has 20 heavy (non-hydrogen) atoms. The lowest BCUT2D eigenvalue weighted by Crippen LogP contribution is -2.39. The van der Waals surface area contributed by atoms with E-state index in [0.29, 0.717) is 13.1 Å². The predicted molar refractivity (Wildman–Crippen MR) is 73.7 cm³/mol. The number of carbonyl (C=O) groups excluding carboxylic acids is 1. The molecule has 6 nitrogen and oxygen atoms in total. The molecule has 0 spiro atoms. The summed E-state index contributed by atoms with van der Waals surface area (Å²) >= 11 is 0. The third kappa shape index (κ3) is 3.10. The van der Waals surface area contributed by atoms with Crippen molar-refractivity contribution in [1.29, 1.82) is 0 Å². The second kappa shape index (κ2) is 5.80. The largest absolute Gasteiger partial charge is 0.508 e. The molecule has 0 aliphatic carbocycles. The Kier molecular flexibility index (Phi) is 4.29. The Labute approximate surface area is 118 Å². The van der Waals surface area contributed by atoms with Crippen molar-refractivity contribution in [2.75, 3.05) is 26.7 Å². The highest BCUT2D eigenvalue weighted by atomic mass is 32.2. The number of phenols is 1. The lowest BCUT2D eigenvalue weighted by atomic mass is 10.3. The molecule has 0 unspecified atom stereocenters. The molecule has 0 aromatic heterocycles. The Morgan fingerprint density at radius 1 is 1.25 bits per heavy atom. The van der Waals surface area contributed by atoms with Crippen LogP contribution in [0.2, 0.25) is 0 Å². The first-order valence-electron chi connectivity index (χ1n) is 6.44. The number of likely N-dealkylation sites (N-methyl/N-ethyl adjacent to an activating group) is 1. The minimum absolute atomic E-state index is 0.000235. The van der Waals surface area contributed by atoms with E-state index in [2.05, 4.69) is 0 Å². The first-order chi connectivity index (χ1) is 9.41. The van der Waals surface area contributed by atoms with Gasteiger partial charge in [0.1, 0.15) is 5.75 Å². The first-order valence-corrected chi connectivity index (χ1v) is 7.88. The van der Waals surface area contributed by atoms with Gasteiger partial charge in [0.25, 0.3) is 0 Å². The van der Waals surface area contributed by atoms with Crippen LogP contribution in [-0.4, -0.2) is 55.3 Å². The van der Waals surface area contributed by atoms with Crippen LogP contribution in [0.3, 0.4) is 0 Å². The summed E-state index contributed by atoms with van der Waals surface area (Å²) in [5, 5.41) is 9.18. The number of likely N-dealkylation sites (tertiary alicyclic amines) is 1. The van der Waals surface area contributed by atoms with Crippen molar-refractivity contribution in [3.05, 3.63) is 24.3 Å². The highest BCUT2D eigenvalue weighted by Gasteiger charge is 2.26. The number of aromatic hydroxyl groups is 1. The van der Waals surface area contributed by atoms with Crippen LogP contribution in [0.5, 0.6) is 5.75 Å². The maximum absolute atomic E-state index is 12.3. The molecule has 1 aliphatic rings. The third-order valence-electron chi connectivity index (χ3n) is 3.36. The zero-order valence-electron chi connectivity index (χ0n) is 11.3. The molecule has 1 aromatic carbocycles. The SMILES string of the molecule is CN(CC(=O)N1CCCC1)S(=O)(=O)c1ccc(O)cc1. The van der Waals surface area contributed by atoms with Crippen LogP contribution >= 0.6 is 0 Å². The van der Waals surface area contributed by atoms with Gasteiger partial charge in [-0.15, -0.1) is 0 Å². The van der Waals surface area contributed by atoms with Gasteiger partial charge in [-0.3, -0.25) is 4.79 Å². The number of phenolic OH excluding ortho intramolecular Hbond substituents is 1. The molecule has 0 saturated carbocycles. The molecule has 1 fully saturated rings. The maximum atomic E-state index is 12.3. The lowest BCUT2D eigenvalue weighted by molar-refractivity contribution is -0.130. The van der Waals surface area contributed by atoms with Gasteiger partial charge in [0.05, 0.1) is 11.4 Å². The van der Waals surface area contributed by atoms with Gasteiger partial charge >= 0.3 is 0 Å². The van der Waals surface area contributed by atoms with Crippen LogP contribution < -0.4 is 0 Å². The number of hydrogen-bond donors (Lipinski definition) is 1. The van der Waals surface area contributed by atoms with Gasteiger partial charge in [-0.05, 0) is 37.1 Å². The van der Waals surface area contributed by atoms with Gasteiger partial charge in [0.2, 0.25) is 15.9 Å². The smallest absolute Gasteiger partial charge is 0.243 e. The zero-order chi connectivity index (χ0) is 14.8. The van der Waals surface area contributed by atoms with E-state index in [1.165, 1.54) is 31.3 Å². The number of benzene rings is 1. The number of hydrogen-bond acceptors (Lipinski definition) is 4. The standard InChI is InChI=1S/C13H18N2O4S/c1-14(10-13(17)15-8-2-3-9-15)20(18,19)12-6-4-11(16)5-7-12/h4-7,16H,2-3,8-10H2,1H3. The summed E-state index contributed by atoms with van der Waals surface area (Å²) in [5.41, 5.74) is 0. The lowest BCUT2D eigenvalue weighted by Gasteiger charge is -2.21. The third-order valence-corrected chi connectivity index (χ3v) is 5.18. The van der Waals surface area contributed by atoms with Crippen LogP contribution in [0, 0.1) is 0 Å². The Balaban J connectivity index is 2.08. The molecule has 0 atom stereocenters. The minimum Gasteiger partial charge on any atom is -0.508 e. The molecule has 1 aliphatic heterocycles. The van der Waals surface area contributed by atoms with Gasteiger partial charge in [-0.2, -0.15) is 4.31 Å². The molecule has 2 rings (SSSR count). The molecule has 0 radical (unpaired) electrons. The van der Waals surface area contributed by atoms with Crippen LogP contribution in [0.15, 0.2) is 29.2 Å². The van der Waals surface area contributed by atoms with E-state index in [1.807, 2.05) is 0 Å². The molecule has 1 N–H and O–H groups in total. The molecular weight excluding hydrogens is 280 g/mol. The Bertz CT molecular complexity index is 577. The summed E-state index contributed by atoms with van der Waals surface area (Å²) in [5.74, 6) is -0.174. The minimum atomic E-state index is -3.71. The molecule has 1 aromatic rings. The average Bonchev–Trinajstić information content (AvgIpc) is 2.93. The van der Waals surface area contributed by atoms with E-state index < -0.39 is 10.0 Å². The van der Waals surface area contributed by atoms with Crippen molar-refractivity contribution in [3.63, 3.8) is 0 Å². The average molecular weight is 298 g/mol. The number of nitrogens with zero attached hydrogens (tertiary/aromatic N) is 2. The number of sulfonamides is 1. The van der Waals surface area contributed by atoms with Crippen molar-refractivity contribution >= 4 is 15.9 Å². The van der Waals surface area contributed by atoms with Gasteiger partial charge < -0.3 is 10.0 Å². The van der Waals surface area contributed by atoms with Gasteiger partial charge in [0.15, 0.2) is 0 Å². The van der Waals surface area contributed by atoms with Gasteiger partial charge in [0, 0.05) is 20.1 Å². The maximum Gasteiger partial charge on any atom is 0.243 e. The van der Waals surface area contributed by atoms with Crippen molar-refractivity contribution in [1.82, 2.24) is 9.21 Å². The van der Waals surface area contributed by atoms with Crippen molar-refractivity contribution in [3.8, 4) is 5.75 Å². The molecule has 1 saturated heterocycles. The van der Waals surface area contributed by atoms with E-state index in [-0.39, 0.29) is 23.1 Å². The monoisotopic (exact) mass is 298 g/mol. The topological polar surface area (TPSA) is 77.9 Å². The van der Waals surface area contributed by atoms with Crippen LogP contribution in [0.4, 0.5) is 0 Å². The summed E-state index contributed by atoms with van der Waals surface area (Å²) in [6, 6.07) is 5.26. The van der Waals surface area contributed by atoms with Crippen LogP contribution in [-0.2, 0) is 14.8 Å². The quantitative estimate of drug-likeness (QED) is 0.884. The molecule has 110 valence electrons. The molecule has 1 heterocycles. The number of amides is 1. The van der Waals surface area contributed by atoms with Crippen LogP contribution in [0.1, 0.15) is 12.8 Å². The van der Waals surface area contributed by atoms with E-state index >= 15 is 0 Å². The first kappa shape index (κ1) is 14.8. The van der Waals surface area contributed by atoms with E-state index in [4.69, 9.17) is 0 Å². The fourth-order valence-electron chi connectivity index (χ4n) is 2.14. The molecule has 0 bridgehead atoms. The van der Waals surface area contributed by atoms with Crippen molar-refractivity contribution in [2.24, 2.45) is 0 Å². The normalized spacial score (nSPS) is 15.8. The van der Waals surface area contributed by atoms with Crippen molar-refractivity contribution < 1.29 is 18.3 Å². The highest BCUT2D eigenvalue weighted by Crippen LogP contribution is 2.18. The zero-order valence-corrected chi connectivity index (χ0v) is 12.1. The number of carbonyl (C=O) groups is 1.